The molecule has 0 amide bonds. The lowest BCUT2D eigenvalue weighted by Gasteiger charge is -2.18. The Kier molecular flexibility index (Phi) is 52.5. The monoisotopic (exact) mass is 777 g/mol. The highest BCUT2D eigenvalue weighted by Gasteiger charge is 2.12. The van der Waals surface area contributed by atoms with Gasteiger partial charge in [0, 0.05) is 6.42 Å². The van der Waals surface area contributed by atoms with E-state index in [9.17, 15) is 0 Å². The molecule has 0 fully saturated rings. The van der Waals surface area contributed by atoms with Crippen molar-refractivity contribution >= 4 is 5.57 Å². The highest BCUT2D eigenvalue weighted by molar-refractivity contribution is 5.66. The Morgan fingerprint density at radius 3 is 1.63 bits per heavy atom. The highest BCUT2D eigenvalue weighted by atomic mass is 14.2. The van der Waals surface area contributed by atoms with Crippen molar-refractivity contribution in [3.05, 3.63) is 138 Å². The van der Waals surface area contributed by atoms with E-state index in [1.54, 1.807) is 6.08 Å². The van der Waals surface area contributed by atoms with E-state index >= 15 is 0 Å². The topological polar surface area (TPSA) is 0 Å². The van der Waals surface area contributed by atoms with Gasteiger partial charge in [0.2, 0.25) is 0 Å². The van der Waals surface area contributed by atoms with Crippen molar-refractivity contribution in [2.45, 2.75) is 180 Å². The van der Waals surface area contributed by atoms with E-state index in [0.29, 0.717) is 11.8 Å². The van der Waals surface area contributed by atoms with E-state index < -0.39 is 0 Å². The zero-order valence-corrected chi connectivity index (χ0v) is 40.2. The molecule has 2 unspecified atom stereocenters. The third-order valence-electron chi connectivity index (χ3n) is 9.48. The first-order valence-corrected chi connectivity index (χ1v) is 22.2. The maximum atomic E-state index is 5.14. The van der Waals surface area contributed by atoms with Crippen LogP contribution in [-0.2, 0) is 0 Å². The van der Waals surface area contributed by atoms with Gasteiger partial charge in [0.25, 0.3) is 0 Å². The van der Waals surface area contributed by atoms with Crippen molar-refractivity contribution in [1.82, 2.24) is 0 Å². The quantitative estimate of drug-likeness (QED) is 0.102. The highest BCUT2D eigenvalue weighted by Crippen LogP contribution is 2.29. The summed E-state index contributed by atoms with van der Waals surface area (Å²) in [7, 11) is 0. The molecule has 0 bridgehead atoms. The van der Waals surface area contributed by atoms with Gasteiger partial charge in [0.1, 0.15) is 0 Å². The first-order valence-electron chi connectivity index (χ1n) is 22.2. The van der Waals surface area contributed by atoms with Crippen LogP contribution in [0.3, 0.4) is 0 Å². The first kappa shape index (κ1) is 62.2. The summed E-state index contributed by atoms with van der Waals surface area (Å²) in [4.78, 5) is 0. The molecule has 0 aromatic heterocycles. The van der Waals surface area contributed by atoms with Crippen molar-refractivity contribution in [3.63, 3.8) is 0 Å². The molecule has 0 nitrogen and oxygen atoms in total. The van der Waals surface area contributed by atoms with Crippen molar-refractivity contribution in [2.24, 2.45) is 11.8 Å². The summed E-state index contributed by atoms with van der Waals surface area (Å²) in [5.74, 6) is 3.84. The fourth-order valence-electron chi connectivity index (χ4n) is 4.71. The first-order chi connectivity index (χ1) is 27.3. The normalized spacial score (nSPS) is 11.4. The van der Waals surface area contributed by atoms with Crippen LogP contribution in [0.15, 0.2) is 110 Å². The number of hydrogen-bond acceptors (Lipinski definition) is 0. The second-order valence-corrected chi connectivity index (χ2v) is 14.3. The molecule has 2 aromatic rings. The number of unbranched alkanes of at least 4 members (excludes halogenated alkanes) is 3. The number of rotatable bonds is 14. The van der Waals surface area contributed by atoms with Crippen LogP contribution < -0.4 is 0 Å². The smallest absolute Gasteiger partial charge is 0.0299 e. The van der Waals surface area contributed by atoms with Gasteiger partial charge >= 0.3 is 0 Å². The molecule has 0 N–H and O–H groups in total. The minimum absolute atomic E-state index is 0.549. The molecule has 3 rings (SSSR count). The molecule has 1 aliphatic carbocycles. The molecular formula is C57H92. The van der Waals surface area contributed by atoms with Gasteiger partial charge in [-0.25, -0.2) is 0 Å². The van der Waals surface area contributed by atoms with Crippen LogP contribution in [0.2, 0.25) is 0 Å². The fraction of sp³-hybridized carbons (Fsp3) is 0.509. The third kappa shape index (κ3) is 40.0. The minimum atomic E-state index is 0.549. The summed E-state index contributed by atoms with van der Waals surface area (Å²) in [6.45, 7) is 42.3. The maximum Gasteiger partial charge on any atom is 0.0299 e. The lowest BCUT2D eigenvalue weighted by molar-refractivity contribution is 0.509. The number of hydrogen-bond donors (Lipinski definition) is 0. The number of allylic oxidation sites excluding steroid dienone is 9. The summed E-state index contributed by atoms with van der Waals surface area (Å²) in [6.07, 6.45) is 41.0. The van der Waals surface area contributed by atoms with Gasteiger partial charge in [0.15, 0.2) is 0 Å². The molecule has 320 valence electrons. The zero-order chi connectivity index (χ0) is 44.9. The predicted molar refractivity (Wildman–Crippen MR) is 269 cm³/mol. The standard InChI is InChI=1S/C23H36.C9H10.C8H10.C5H8.2C4H10.C2H6.C2H2/c1-8-9-11-17(2)18(3)12-10-13-20(5)22(7)23-15-14-19(4)21(6)16-23;1-2-6-9-7-4-3-5-8-9;1-7-5-3-4-6-8(7)2;1-3-5-4-2;2*1-3-4-2;2*1-2/h14-16,18,20H,2,7-13H2,1,3-6H3;1,3-4,7H,5-6,8H2;3-6H,1-2H3;3-5H,1H2,2H3;2*3-4H2,1-2H3;1-2H3;1-2H/b;;;5-4-;;;;. The SMILES string of the molecule is C#C.C#CCC1=CC=CCC1.C=C(CCCC)C(C)CCCC(C)C(=C)c1ccc(C)c(C)c1.C=C/C=C\C.CC.CCCC.CCCC.Cc1ccccc1C. The number of aryl methyl sites for hydroxylation is 4. The van der Waals surface area contributed by atoms with Crippen LogP contribution in [0, 0.1) is 64.7 Å². The molecule has 0 saturated heterocycles. The number of terminal acetylenes is 2. The Hall–Kier alpha value is -4.00. The van der Waals surface area contributed by atoms with Crippen LogP contribution in [-0.4, -0.2) is 0 Å². The number of benzene rings is 2. The molecule has 0 heterocycles. The van der Waals surface area contributed by atoms with Crippen molar-refractivity contribution < 1.29 is 0 Å². The molecule has 2 atom stereocenters. The second-order valence-electron chi connectivity index (χ2n) is 14.3. The summed E-state index contributed by atoms with van der Waals surface area (Å²) in [6, 6.07) is 15.1. The molecule has 0 aliphatic heterocycles. The van der Waals surface area contributed by atoms with E-state index in [2.05, 4.69) is 175 Å². The van der Waals surface area contributed by atoms with Crippen LogP contribution in [0.5, 0.6) is 0 Å². The van der Waals surface area contributed by atoms with Crippen LogP contribution in [0.25, 0.3) is 5.57 Å². The van der Waals surface area contributed by atoms with E-state index in [4.69, 9.17) is 6.42 Å². The van der Waals surface area contributed by atoms with Gasteiger partial charge in [0.05, 0.1) is 0 Å². The summed E-state index contributed by atoms with van der Waals surface area (Å²) >= 11 is 0. The van der Waals surface area contributed by atoms with Gasteiger partial charge in [-0.3, -0.25) is 0 Å². The predicted octanol–water partition coefficient (Wildman–Crippen LogP) is 18.7. The molecular weight excluding hydrogens is 685 g/mol. The lowest BCUT2D eigenvalue weighted by atomic mass is 9.87. The third-order valence-corrected chi connectivity index (χ3v) is 9.48. The summed E-state index contributed by atoms with van der Waals surface area (Å²) in [5.41, 5.74) is 10.9. The van der Waals surface area contributed by atoms with E-state index in [0.717, 1.165) is 19.3 Å². The summed E-state index contributed by atoms with van der Waals surface area (Å²) < 4.78 is 0. The Balaban J connectivity index is -0.000000217. The average Bonchev–Trinajstić information content (AvgIpc) is 3.24. The van der Waals surface area contributed by atoms with E-state index in [-0.39, 0.29) is 0 Å². The second kappa shape index (κ2) is 48.1. The van der Waals surface area contributed by atoms with Crippen LogP contribution >= 0.6 is 0 Å². The largest absolute Gasteiger partial charge is 0.124 e. The average molecular weight is 777 g/mol. The minimum Gasteiger partial charge on any atom is -0.124 e. The Morgan fingerprint density at radius 1 is 0.754 bits per heavy atom. The van der Waals surface area contributed by atoms with Crippen molar-refractivity contribution in [3.8, 4) is 25.2 Å². The molecule has 2 aromatic carbocycles. The molecule has 0 saturated carbocycles. The summed E-state index contributed by atoms with van der Waals surface area (Å²) in [5, 5.41) is 0. The molecule has 1 aliphatic rings. The van der Waals surface area contributed by atoms with Gasteiger partial charge in [-0.05, 0) is 118 Å². The fourth-order valence-corrected chi connectivity index (χ4v) is 4.71. The van der Waals surface area contributed by atoms with Crippen LogP contribution in [0.1, 0.15) is 181 Å². The zero-order valence-electron chi connectivity index (χ0n) is 40.2. The van der Waals surface area contributed by atoms with Crippen LogP contribution in [0.4, 0.5) is 0 Å². The van der Waals surface area contributed by atoms with Crippen molar-refractivity contribution in [2.75, 3.05) is 0 Å². The Bertz CT molecular complexity index is 1350. The van der Waals surface area contributed by atoms with Gasteiger partial charge in [-0.15, -0.1) is 25.2 Å². The molecule has 0 heteroatoms. The van der Waals surface area contributed by atoms with Gasteiger partial charge in [-0.1, -0.05) is 211 Å². The lowest BCUT2D eigenvalue weighted by Crippen LogP contribution is -2.03. The Morgan fingerprint density at radius 2 is 1.26 bits per heavy atom. The van der Waals surface area contributed by atoms with E-state index in [1.807, 2.05) is 32.9 Å². The Labute approximate surface area is 359 Å². The van der Waals surface area contributed by atoms with Crippen molar-refractivity contribution in [1.29, 1.82) is 0 Å². The van der Waals surface area contributed by atoms with Gasteiger partial charge < -0.3 is 0 Å². The van der Waals surface area contributed by atoms with E-state index in [1.165, 1.54) is 109 Å². The molecule has 0 radical (unpaired) electrons. The maximum absolute atomic E-state index is 5.14. The molecule has 57 heavy (non-hydrogen) atoms. The van der Waals surface area contributed by atoms with Gasteiger partial charge in [-0.2, -0.15) is 0 Å². The molecule has 0 spiro atoms.